The smallest absolute Gasteiger partial charge is 0.308 e. The van der Waals surface area contributed by atoms with E-state index < -0.39 is 29.9 Å². The van der Waals surface area contributed by atoms with Crippen LogP contribution in [0.3, 0.4) is 0 Å². The molecule has 1 spiro atoms. The van der Waals surface area contributed by atoms with Gasteiger partial charge in [0.2, 0.25) is 18.0 Å². The number of amides is 1. The molecule has 31 heavy (non-hydrogen) atoms. The summed E-state index contributed by atoms with van der Waals surface area (Å²) >= 11 is 0. The first-order valence-electron chi connectivity index (χ1n) is 11.8. The Morgan fingerprint density at radius 3 is 2.61 bits per heavy atom. The monoisotopic (exact) mass is 439 g/mol. The van der Waals surface area contributed by atoms with Crippen molar-refractivity contribution in [2.75, 3.05) is 6.54 Å². The highest BCUT2D eigenvalue weighted by Crippen LogP contribution is 2.60. The minimum atomic E-state index is -0.860. The molecule has 1 aliphatic carbocycles. The Morgan fingerprint density at radius 2 is 1.87 bits per heavy atom. The Labute approximate surface area is 184 Å². The van der Waals surface area contributed by atoms with Gasteiger partial charge in [0, 0.05) is 31.2 Å². The fourth-order valence-electron chi connectivity index (χ4n) is 5.82. The van der Waals surface area contributed by atoms with Gasteiger partial charge in [-0.25, -0.2) is 9.78 Å². The number of hydrogen-bond acceptors (Lipinski definition) is 7. The number of rotatable bonds is 6. The first kappa shape index (κ1) is 23.0. The summed E-state index contributed by atoms with van der Waals surface area (Å²) in [6.07, 6.45) is 2.47. The van der Waals surface area contributed by atoms with Gasteiger partial charge in [0.05, 0.1) is 6.42 Å². The van der Waals surface area contributed by atoms with Gasteiger partial charge in [-0.3, -0.25) is 9.59 Å². The van der Waals surface area contributed by atoms with Gasteiger partial charge >= 0.3 is 5.97 Å². The SMILES string of the molecule is CC(C)CNC(=O)CCC(=O)O[C@@H]1O[C@@H]2OC3(C)CC[C@H]4[C@H](C)CC[C@@H]([C@H]1C)C24OO3. The van der Waals surface area contributed by atoms with Crippen molar-refractivity contribution >= 4 is 11.9 Å². The summed E-state index contributed by atoms with van der Waals surface area (Å²) < 4.78 is 18.2. The van der Waals surface area contributed by atoms with Crippen LogP contribution in [0.1, 0.15) is 73.1 Å². The van der Waals surface area contributed by atoms with Crippen LogP contribution in [-0.2, 0) is 33.6 Å². The molecule has 5 fully saturated rings. The van der Waals surface area contributed by atoms with E-state index in [9.17, 15) is 9.59 Å². The zero-order chi connectivity index (χ0) is 22.4. The first-order chi connectivity index (χ1) is 14.6. The lowest BCUT2D eigenvalue weighted by atomic mass is 9.58. The molecule has 176 valence electrons. The van der Waals surface area contributed by atoms with Crippen LogP contribution in [-0.4, -0.2) is 42.4 Å². The van der Waals surface area contributed by atoms with E-state index in [0.29, 0.717) is 18.4 Å². The van der Waals surface area contributed by atoms with E-state index >= 15 is 0 Å². The second-order valence-electron chi connectivity index (χ2n) is 10.5. The van der Waals surface area contributed by atoms with E-state index in [1.165, 1.54) is 0 Å². The molecule has 0 aromatic heterocycles. The Balaban J connectivity index is 1.43. The third-order valence-electron chi connectivity index (χ3n) is 7.61. The molecule has 1 amide bonds. The average molecular weight is 440 g/mol. The van der Waals surface area contributed by atoms with Crippen molar-refractivity contribution in [3.05, 3.63) is 0 Å². The molecule has 4 saturated heterocycles. The molecule has 2 bridgehead atoms. The number of carbonyl (C=O) groups is 2. The molecule has 1 saturated carbocycles. The summed E-state index contributed by atoms with van der Waals surface area (Å²) in [5, 5.41) is 2.82. The number of esters is 1. The molecule has 4 aliphatic heterocycles. The molecule has 0 radical (unpaired) electrons. The fraction of sp³-hybridized carbons (Fsp3) is 0.913. The Hall–Kier alpha value is -1.22. The van der Waals surface area contributed by atoms with Gasteiger partial charge in [-0.1, -0.05) is 27.7 Å². The first-order valence-corrected chi connectivity index (χ1v) is 11.8. The van der Waals surface area contributed by atoms with Gasteiger partial charge in [0.15, 0.2) is 11.9 Å². The molecule has 5 aliphatic rings. The molecule has 8 nitrogen and oxygen atoms in total. The molecule has 0 aromatic rings. The molecule has 2 unspecified atom stereocenters. The number of fused-ring (bicyclic) bond motifs is 2. The van der Waals surface area contributed by atoms with E-state index in [1.54, 1.807) is 0 Å². The zero-order valence-electron chi connectivity index (χ0n) is 19.3. The van der Waals surface area contributed by atoms with E-state index in [1.807, 2.05) is 27.7 Å². The minimum absolute atomic E-state index is 0.0226. The lowest BCUT2D eigenvalue weighted by Gasteiger charge is -2.59. The third-order valence-corrected chi connectivity index (χ3v) is 7.61. The average Bonchev–Trinajstić information content (AvgIpc) is 2.94. The molecule has 0 aromatic carbocycles. The maximum atomic E-state index is 12.5. The van der Waals surface area contributed by atoms with E-state index in [0.717, 1.165) is 25.7 Å². The quantitative estimate of drug-likeness (QED) is 0.501. The van der Waals surface area contributed by atoms with Crippen LogP contribution in [0.5, 0.6) is 0 Å². The largest absolute Gasteiger partial charge is 0.435 e. The van der Waals surface area contributed by atoms with Crippen molar-refractivity contribution in [1.29, 1.82) is 0 Å². The Morgan fingerprint density at radius 1 is 1.10 bits per heavy atom. The van der Waals surface area contributed by atoms with Gasteiger partial charge in [-0.2, -0.15) is 0 Å². The second-order valence-corrected chi connectivity index (χ2v) is 10.5. The lowest BCUT2D eigenvalue weighted by molar-refractivity contribution is -0.576. The molecule has 5 rings (SSSR count). The molecule has 1 N–H and O–H groups in total. The summed E-state index contributed by atoms with van der Waals surface area (Å²) in [4.78, 5) is 36.3. The van der Waals surface area contributed by atoms with Gasteiger partial charge in [0.1, 0.15) is 0 Å². The summed E-state index contributed by atoms with van der Waals surface area (Å²) in [5.41, 5.74) is -0.674. The van der Waals surface area contributed by atoms with Crippen molar-refractivity contribution in [2.24, 2.45) is 29.6 Å². The van der Waals surface area contributed by atoms with Crippen LogP contribution in [0, 0.1) is 29.6 Å². The van der Waals surface area contributed by atoms with E-state index in [-0.39, 0.29) is 36.5 Å². The maximum Gasteiger partial charge on any atom is 0.308 e. The summed E-state index contributed by atoms with van der Waals surface area (Å²) in [6.45, 7) is 10.8. The van der Waals surface area contributed by atoms with Crippen molar-refractivity contribution in [1.82, 2.24) is 5.32 Å². The highest BCUT2D eigenvalue weighted by molar-refractivity contribution is 5.81. The van der Waals surface area contributed by atoms with Gasteiger partial charge < -0.3 is 19.5 Å². The third kappa shape index (κ3) is 4.24. The van der Waals surface area contributed by atoms with Crippen LogP contribution in [0.25, 0.3) is 0 Å². The zero-order valence-corrected chi connectivity index (χ0v) is 19.3. The Bertz CT molecular complexity index is 699. The maximum absolute atomic E-state index is 12.5. The van der Waals surface area contributed by atoms with Gasteiger partial charge in [-0.05, 0) is 43.9 Å². The number of hydrogen-bond donors (Lipinski definition) is 1. The fourth-order valence-corrected chi connectivity index (χ4v) is 5.82. The molecular formula is C23H37NO7. The Kier molecular flexibility index (Phi) is 6.38. The normalized spacial score (nSPS) is 43.8. The number of carbonyl (C=O) groups excluding carboxylic acids is 2. The van der Waals surface area contributed by atoms with E-state index in [4.69, 9.17) is 24.0 Å². The number of ether oxygens (including phenoxy) is 3. The van der Waals surface area contributed by atoms with Crippen LogP contribution < -0.4 is 5.32 Å². The van der Waals surface area contributed by atoms with Gasteiger partial charge in [0.25, 0.3) is 0 Å². The topological polar surface area (TPSA) is 92.3 Å². The van der Waals surface area contributed by atoms with Crippen molar-refractivity contribution in [3.63, 3.8) is 0 Å². The second kappa shape index (κ2) is 8.61. The highest BCUT2D eigenvalue weighted by atomic mass is 17.3. The molecular weight excluding hydrogens is 402 g/mol. The highest BCUT2D eigenvalue weighted by Gasteiger charge is 2.69. The van der Waals surface area contributed by atoms with Crippen LogP contribution >= 0.6 is 0 Å². The predicted molar refractivity (Wildman–Crippen MR) is 110 cm³/mol. The van der Waals surface area contributed by atoms with Gasteiger partial charge in [-0.15, -0.1) is 0 Å². The van der Waals surface area contributed by atoms with Crippen LogP contribution in [0.2, 0.25) is 0 Å². The molecule has 8 heteroatoms. The number of nitrogens with one attached hydrogen (secondary N) is 1. The molecule has 4 heterocycles. The van der Waals surface area contributed by atoms with Crippen molar-refractivity contribution in [2.45, 2.75) is 97.1 Å². The van der Waals surface area contributed by atoms with Crippen LogP contribution in [0.15, 0.2) is 0 Å². The van der Waals surface area contributed by atoms with E-state index in [2.05, 4.69) is 12.2 Å². The summed E-state index contributed by atoms with van der Waals surface area (Å²) in [5.74, 6) is -0.299. The van der Waals surface area contributed by atoms with Crippen molar-refractivity contribution in [3.8, 4) is 0 Å². The molecule has 8 atom stereocenters. The minimum Gasteiger partial charge on any atom is -0.435 e. The van der Waals surface area contributed by atoms with Crippen molar-refractivity contribution < 1.29 is 33.6 Å². The summed E-state index contributed by atoms with van der Waals surface area (Å²) in [7, 11) is 0. The lowest BCUT2D eigenvalue weighted by Crippen LogP contribution is -2.70. The summed E-state index contributed by atoms with van der Waals surface area (Å²) in [6, 6.07) is 0. The standard InChI is InChI=1S/C23H37NO7/c1-13(2)12-24-18(25)8-9-19(26)27-20-15(4)17-7-6-14(3)16-10-11-22(5)29-21(28-20)23(16,17)31-30-22/h13-17,20-21H,6-12H2,1-5H3,(H,24,25)/t14-,15-,16+,17+,20-,21-,22?,23?/m1/s1. The van der Waals surface area contributed by atoms with Crippen LogP contribution in [0.4, 0.5) is 0 Å². The predicted octanol–water partition coefficient (Wildman–Crippen LogP) is 3.29.